The van der Waals surface area contributed by atoms with Crippen LogP contribution in [0.3, 0.4) is 0 Å². The van der Waals surface area contributed by atoms with Gasteiger partial charge in [0.05, 0.1) is 25.8 Å². The summed E-state index contributed by atoms with van der Waals surface area (Å²) in [6.07, 6.45) is 0.747. The Morgan fingerprint density at radius 2 is 1.75 bits per heavy atom. The predicted octanol–water partition coefficient (Wildman–Crippen LogP) is 1.98. The van der Waals surface area contributed by atoms with Crippen molar-refractivity contribution in [3.63, 3.8) is 0 Å². The van der Waals surface area contributed by atoms with E-state index < -0.39 is 0 Å². The summed E-state index contributed by atoms with van der Waals surface area (Å²) >= 11 is 3.48. The fourth-order valence-corrected chi connectivity index (χ4v) is 2.16. The molecule has 5 heteroatoms. The molecule has 0 heterocycles. The molecule has 16 heavy (non-hydrogen) atoms. The van der Waals surface area contributed by atoms with Crippen molar-refractivity contribution in [2.75, 3.05) is 27.9 Å². The molecule has 0 aromatic heterocycles. The molecular formula is C11H16BrNO3. The highest BCUT2D eigenvalue weighted by molar-refractivity contribution is 9.10. The minimum Gasteiger partial charge on any atom is -0.493 e. The summed E-state index contributed by atoms with van der Waals surface area (Å²) in [5, 5.41) is 0. The van der Waals surface area contributed by atoms with Crippen molar-refractivity contribution in [1.82, 2.24) is 0 Å². The molecule has 0 amide bonds. The van der Waals surface area contributed by atoms with Gasteiger partial charge < -0.3 is 19.9 Å². The van der Waals surface area contributed by atoms with Crippen molar-refractivity contribution in [3.05, 3.63) is 16.1 Å². The minimum absolute atomic E-state index is 0.567. The van der Waals surface area contributed by atoms with Crippen molar-refractivity contribution in [2.45, 2.75) is 6.42 Å². The monoisotopic (exact) mass is 289 g/mol. The molecule has 1 rings (SSSR count). The first-order chi connectivity index (χ1) is 7.69. The molecular weight excluding hydrogens is 274 g/mol. The van der Waals surface area contributed by atoms with Crippen LogP contribution in [0.25, 0.3) is 0 Å². The van der Waals surface area contributed by atoms with Crippen molar-refractivity contribution in [2.24, 2.45) is 5.73 Å². The molecule has 0 aliphatic heterocycles. The van der Waals surface area contributed by atoms with Gasteiger partial charge in [-0.25, -0.2) is 0 Å². The molecule has 0 aliphatic carbocycles. The number of rotatable bonds is 5. The molecule has 4 nitrogen and oxygen atoms in total. The zero-order valence-corrected chi connectivity index (χ0v) is 11.3. The Hall–Kier alpha value is -0.940. The van der Waals surface area contributed by atoms with E-state index >= 15 is 0 Å². The van der Waals surface area contributed by atoms with Gasteiger partial charge >= 0.3 is 0 Å². The van der Waals surface area contributed by atoms with Crippen LogP contribution in [0.2, 0.25) is 0 Å². The number of benzene rings is 1. The molecule has 0 bridgehead atoms. The summed E-state index contributed by atoms with van der Waals surface area (Å²) in [7, 11) is 4.77. The number of hydrogen-bond donors (Lipinski definition) is 1. The molecule has 0 saturated carbocycles. The number of ether oxygens (including phenoxy) is 3. The lowest BCUT2D eigenvalue weighted by Gasteiger charge is -2.16. The van der Waals surface area contributed by atoms with Gasteiger partial charge in [0.2, 0.25) is 5.75 Å². The van der Waals surface area contributed by atoms with E-state index in [4.69, 9.17) is 19.9 Å². The first-order valence-corrected chi connectivity index (χ1v) is 5.66. The van der Waals surface area contributed by atoms with Gasteiger partial charge in [-0.3, -0.25) is 0 Å². The van der Waals surface area contributed by atoms with E-state index in [9.17, 15) is 0 Å². The molecule has 0 unspecified atom stereocenters. The number of methoxy groups -OCH3 is 3. The van der Waals surface area contributed by atoms with Crippen LogP contribution in [0.1, 0.15) is 5.56 Å². The Morgan fingerprint density at radius 1 is 1.12 bits per heavy atom. The molecule has 0 fully saturated rings. The van der Waals surface area contributed by atoms with Gasteiger partial charge in [0, 0.05) is 0 Å². The second-order valence-corrected chi connectivity index (χ2v) is 3.95. The normalized spacial score (nSPS) is 10.1. The van der Waals surface area contributed by atoms with Crippen molar-refractivity contribution in [3.8, 4) is 17.2 Å². The standard InChI is InChI=1S/C11H16BrNO3/c1-14-8-6-7(4-5-13)9(12)11(16-3)10(8)15-2/h6H,4-5,13H2,1-3H3. The van der Waals surface area contributed by atoms with E-state index in [1.807, 2.05) is 6.07 Å². The van der Waals surface area contributed by atoms with Gasteiger partial charge in [-0.05, 0) is 40.5 Å². The van der Waals surface area contributed by atoms with E-state index in [-0.39, 0.29) is 0 Å². The van der Waals surface area contributed by atoms with Crippen molar-refractivity contribution in [1.29, 1.82) is 0 Å². The van der Waals surface area contributed by atoms with Gasteiger partial charge in [0.15, 0.2) is 11.5 Å². The number of halogens is 1. The summed E-state index contributed by atoms with van der Waals surface area (Å²) in [5.41, 5.74) is 6.59. The van der Waals surface area contributed by atoms with Gasteiger partial charge in [0.1, 0.15) is 0 Å². The van der Waals surface area contributed by atoms with E-state index in [2.05, 4.69) is 15.9 Å². The summed E-state index contributed by atoms with van der Waals surface area (Å²) < 4.78 is 16.7. The van der Waals surface area contributed by atoms with Crippen molar-refractivity contribution < 1.29 is 14.2 Å². The van der Waals surface area contributed by atoms with Gasteiger partial charge in [-0.2, -0.15) is 0 Å². The maximum Gasteiger partial charge on any atom is 0.204 e. The fourth-order valence-electron chi connectivity index (χ4n) is 1.51. The lowest BCUT2D eigenvalue weighted by atomic mass is 10.1. The summed E-state index contributed by atoms with van der Waals surface area (Å²) in [4.78, 5) is 0. The second-order valence-electron chi connectivity index (χ2n) is 3.16. The topological polar surface area (TPSA) is 53.7 Å². The Kier molecular flexibility index (Phi) is 4.89. The number of nitrogens with two attached hydrogens (primary N) is 1. The Balaban J connectivity index is 3.35. The molecule has 0 saturated heterocycles. The molecule has 1 aromatic rings. The lowest BCUT2D eigenvalue weighted by molar-refractivity contribution is 0.322. The molecule has 2 N–H and O–H groups in total. The van der Waals surface area contributed by atoms with Crippen LogP contribution < -0.4 is 19.9 Å². The first kappa shape index (κ1) is 13.1. The van der Waals surface area contributed by atoms with Crippen LogP contribution in [0, 0.1) is 0 Å². The van der Waals surface area contributed by atoms with E-state index in [1.165, 1.54) is 0 Å². The predicted molar refractivity (Wildman–Crippen MR) is 66.6 cm³/mol. The third-order valence-corrected chi connectivity index (χ3v) is 3.13. The average Bonchev–Trinajstić information content (AvgIpc) is 2.31. The third kappa shape index (κ3) is 2.41. The largest absolute Gasteiger partial charge is 0.493 e. The highest BCUT2D eigenvalue weighted by Crippen LogP contribution is 2.44. The summed E-state index contributed by atoms with van der Waals surface area (Å²) in [6, 6.07) is 1.90. The Labute approximate surface area is 104 Å². The lowest BCUT2D eigenvalue weighted by Crippen LogP contribution is -2.05. The average molecular weight is 290 g/mol. The zero-order valence-electron chi connectivity index (χ0n) is 9.67. The number of hydrogen-bond acceptors (Lipinski definition) is 4. The highest BCUT2D eigenvalue weighted by Gasteiger charge is 2.18. The molecule has 0 atom stereocenters. The maximum absolute atomic E-state index is 5.55. The quantitative estimate of drug-likeness (QED) is 0.901. The third-order valence-electron chi connectivity index (χ3n) is 2.26. The first-order valence-electron chi connectivity index (χ1n) is 4.87. The van der Waals surface area contributed by atoms with Crippen LogP contribution >= 0.6 is 15.9 Å². The molecule has 0 aliphatic rings. The van der Waals surface area contributed by atoms with Crippen LogP contribution in [-0.2, 0) is 6.42 Å². The van der Waals surface area contributed by atoms with Gasteiger partial charge in [-0.1, -0.05) is 0 Å². The van der Waals surface area contributed by atoms with Crippen LogP contribution in [-0.4, -0.2) is 27.9 Å². The van der Waals surface area contributed by atoms with Crippen molar-refractivity contribution >= 4 is 15.9 Å². The Morgan fingerprint density at radius 3 is 2.19 bits per heavy atom. The molecule has 0 spiro atoms. The molecule has 1 aromatic carbocycles. The fraction of sp³-hybridized carbons (Fsp3) is 0.455. The second kappa shape index (κ2) is 5.96. The maximum atomic E-state index is 5.55. The van der Waals surface area contributed by atoms with E-state index in [0.29, 0.717) is 23.8 Å². The summed E-state index contributed by atoms with van der Waals surface area (Å²) in [5.74, 6) is 1.86. The highest BCUT2D eigenvalue weighted by atomic mass is 79.9. The van der Waals surface area contributed by atoms with Gasteiger partial charge in [-0.15, -0.1) is 0 Å². The molecule has 90 valence electrons. The molecule has 0 radical (unpaired) electrons. The smallest absolute Gasteiger partial charge is 0.204 e. The van der Waals surface area contributed by atoms with Gasteiger partial charge in [0.25, 0.3) is 0 Å². The summed E-state index contributed by atoms with van der Waals surface area (Å²) in [6.45, 7) is 0.567. The zero-order chi connectivity index (χ0) is 12.1. The SMILES string of the molecule is COc1cc(CCN)c(Br)c(OC)c1OC. The van der Waals surface area contributed by atoms with Crippen LogP contribution in [0.4, 0.5) is 0 Å². The van der Waals surface area contributed by atoms with Crippen LogP contribution in [0.5, 0.6) is 17.2 Å². The van der Waals surface area contributed by atoms with E-state index in [0.717, 1.165) is 16.5 Å². The van der Waals surface area contributed by atoms with E-state index in [1.54, 1.807) is 21.3 Å². The van der Waals surface area contributed by atoms with Crippen LogP contribution in [0.15, 0.2) is 10.5 Å². The Bertz CT molecular complexity index is 369. The minimum atomic E-state index is 0.567.